The highest BCUT2D eigenvalue weighted by Gasteiger charge is 2.33. The van der Waals surface area contributed by atoms with E-state index >= 15 is 0 Å². The van der Waals surface area contributed by atoms with Crippen LogP contribution in [0.15, 0.2) is 18.2 Å². The summed E-state index contributed by atoms with van der Waals surface area (Å²) in [6, 6.07) is 3.29. The first kappa shape index (κ1) is 12.9. The van der Waals surface area contributed by atoms with Crippen molar-refractivity contribution >= 4 is 5.97 Å². The number of methoxy groups -OCH3 is 1. The molecule has 6 heteroatoms. The molecule has 0 aliphatic carbocycles. The van der Waals surface area contributed by atoms with Crippen LogP contribution in [-0.2, 0) is 4.74 Å². The first-order chi connectivity index (χ1) is 7.87. The van der Waals surface area contributed by atoms with Gasteiger partial charge in [-0.3, -0.25) is 0 Å². The van der Waals surface area contributed by atoms with E-state index in [0.717, 1.165) is 19.2 Å². The van der Waals surface area contributed by atoms with Crippen LogP contribution in [0.2, 0.25) is 0 Å². The summed E-state index contributed by atoms with van der Waals surface area (Å²) in [6.45, 7) is 0. The molecule has 0 aliphatic rings. The average molecular weight is 244 g/mol. The van der Waals surface area contributed by atoms with Crippen molar-refractivity contribution < 1.29 is 27.4 Å². The Hall–Kier alpha value is -2.16. The molecule has 0 bridgehead atoms. The second-order valence-electron chi connectivity index (χ2n) is 2.89. The monoisotopic (exact) mass is 244 g/mol. The molecule has 17 heavy (non-hydrogen) atoms. The van der Waals surface area contributed by atoms with E-state index in [1.165, 1.54) is 6.07 Å². The number of alkyl halides is 3. The molecule has 0 spiro atoms. The smallest absolute Gasteiger partial charge is 0.465 e. The Morgan fingerprint density at radius 1 is 1.41 bits per heavy atom. The van der Waals surface area contributed by atoms with Gasteiger partial charge in [-0.2, -0.15) is 0 Å². The molecule has 0 amide bonds. The number of halogens is 3. The normalized spacial score (nSPS) is 10.5. The van der Waals surface area contributed by atoms with E-state index in [4.69, 9.17) is 6.42 Å². The summed E-state index contributed by atoms with van der Waals surface area (Å²) >= 11 is 0. The van der Waals surface area contributed by atoms with Crippen molar-refractivity contribution in [2.45, 2.75) is 6.36 Å². The Morgan fingerprint density at radius 2 is 2.06 bits per heavy atom. The van der Waals surface area contributed by atoms with Crippen molar-refractivity contribution in [1.29, 1.82) is 0 Å². The summed E-state index contributed by atoms with van der Waals surface area (Å²) in [5.41, 5.74) is -0.125. The highest BCUT2D eigenvalue weighted by molar-refractivity contribution is 5.92. The van der Waals surface area contributed by atoms with Gasteiger partial charge in [0, 0.05) is 5.56 Å². The zero-order valence-electron chi connectivity index (χ0n) is 8.67. The molecule has 0 unspecified atom stereocenters. The third-order valence-electron chi connectivity index (χ3n) is 1.78. The first-order valence-corrected chi connectivity index (χ1v) is 4.32. The molecule has 0 saturated heterocycles. The van der Waals surface area contributed by atoms with Gasteiger partial charge in [0.1, 0.15) is 11.3 Å². The predicted octanol–water partition coefficient (Wildman–Crippen LogP) is 2.35. The average Bonchev–Trinajstić information content (AvgIpc) is 2.26. The SMILES string of the molecule is C#Cc1ccc(OC(F)(F)F)c(C(=O)OC)c1. The number of terminal acetylenes is 1. The largest absolute Gasteiger partial charge is 0.573 e. The van der Waals surface area contributed by atoms with E-state index in [-0.39, 0.29) is 11.1 Å². The molecule has 0 N–H and O–H groups in total. The summed E-state index contributed by atoms with van der Waals surface area (Å²) in [5.74, 6) is 0.585. The second kappa shape index (κ2) is 4.78. The van der Waals surface area contributed by atoms with E-state index in [0.29, 0.717) is 0 Å². The van der Waals surface area contributed by atoms with Crippen molar-refractivity contribution in [3.8, 4) is 18.1 Å². The van der Waals surface area contributed by atoms with Crippen molar-refractivity contribution in [2.75, 3.05) is 7.11 Å². The summed E-state index contributed by atoms with van der Waals surface area (Å²) < 4.78 is 44.2. The molecule has 0 aliphatic heterocycles. The Bertz CT molecular complexity index is 472. The van der Waals surface area contributed by atoms with Crippen LogP contribution in [-0.4, -0.2) is 19.4 Å². The zero-order chi connectivity index (χ0) is 13.1. The number of carbonyl (C=O) groups excluding carboxylic acids is 1. The van der Waals surface area contributed by atoms with E-state index in [1.54, 1.807) is 0 Å². The van der Waals surface area contributed by atoms with Gasteiger partial charge >= 0.3 is 12.3 Å². The van der Waals surface area contributed by atoms with Crippen LogP contribution < -0.4 is 4.74 Å². The standard InChI is InChI=1S/C11H7F3O3/c1-3-7-4-5-9(17-11(12,13)14)8(6-7)10(15)16-2/h1,4-6H,2H3. The minimum Gasteiger partial charge on any atom is -0.465 e. The molecule has 0 aromatic heterocycles. The van der Waals surface area contributed by atoms with Crippen LogP contribution in [0.25, 0.3) is 0 Å². The number of esters is 1. The highest BCUT2D eigenvalue weighted by atomic mass is 19.4. The summed E-state index contributed by atoms with van der Waals surface area (Å²) in [4.78, 5) is 11.3. The molecule has 0 radical (unpaired) electrons. The Kier molecular flexibility index (Phi) is 3.63. The molecule has 0 fully saturated rings. The third kappa shape index (κ3) is 3.41. The Balaban J connectivity index is 3.21. The fourth-order valence-corrected chi connectivity index (χ4v) is 1.10. The van der Waals surface area contributed by atoms with Gasteiger partial charge in [-0.1, -0.05) is 5.92 Å². The molecule has 3 nitrogen and oxygen atoms in total. The molecular formula is C11H7F3O3. The van der Waals surface area contributed by atoms with Crippen molar-refractivity contribution in [1.82, 2.24) is 0 Å². The fourth-order valence-electron chi connectivity index (χ4n) is 1.10. The van der Waals surface area contributed by atoms with Crippen LogP contribution in [0.1, 0.15) is 15.9 Å². The second-order valence-corrected chi connectivity index (χ2v) is 2.89. The predicted molar refractivity (Wildman–Crippen MR) is 52.4 cm³/mol. The van der Waals surface area contributed by atoms with Gasteiger partial charge in [0.05, 0.1) is 7.11 Å². The van der Waals surface area contributed by atoms with Crippen LogP contribution in [0.4, 0.5) is 13.2 Å². The lowest BCUT2D eigenvalue weighted by Crippen LogP contribution is -2.19. The summed E-state index contributed by atoms with van der Waals surface area (Å²) in [7, 11) is 1.04. The minimum atomic E-state index is -4.89. The molecule has 0 atom stereocenters. The molecule has 90 valence electrons. The number of rotatable bonds is 2. The van der Waals surface area contributed by atoms with Crippen molar-refractivity contribution in [2.24, 2.45) is 0 Å². The number of hydrogen-bond donors (Lipinski definition) is 0. The zero-order valence-corrected chi connectivity index (χ0v) is 8.67. The van der Waals surface area contributed by atoms with Gasteiger partial charge in [-0.25, -0.2) is 4.79 Å². The maximum atomic E-state index is 12.1. The van der Waals surface area contributed by atoms with Crippen LogP contribution >= 0.6 is 0 Å². The topological polar surface area (TPSA) is 35.5 Å². The van der Waals surface area contributed by atoms with Gasteiger partial charge in [-0.15, -0.1) is 19.6 Å². The van der Waals surface area contributed by atoms with E-state index < -0.39 is 18.1 Å². The van der Waals surface area contributed by atoms with E-state index in [9.17, 15) is 18.0 Å². The van der Waals surface area contributed by atoms with Gasteiger partial charge in [0.15, 0.2) is 0 Å². The summed E-state index contributed by atoms with van der Waals surface area (Å²) in [5, 5.41) is 0. The number of benzene rings is 1. The lowest BCUT2D eigenvalue weighted by atomic mass is 10.1. The Morgan fingerprint density at radius 3 is 2.53 bits per heavy atom. The summed E-state index contributed by atoms with van der Waals surface area (Å²) in [6.07, 6.45) is 0.184. The van der Waals surface area contributed by atoms with Crippen LogP contribution in [0.5, 0.6) is 5.75 Å². The lowest BCUT2D eigenvalue weighted by Gasteiger charge is -2.12. The third-order valence-corrected chi connectivity index (χ3v) is 1.78. The number of ether oxygens (including phenoxy) is 2. The van der Waals surface area contributed by atoms with Gasteiger partial charge in [-0.05, 0) is 18.2 Å². The molecular weight excluding hydrogens is 237 g/mol. The molecule has 0 saturated carbocycles. The first-order valence-electron chi connectivity index (χ1n) is 4.32. The van der Waals surface area contributed by atoms with Crippen molar-refractivity contribution in [3.05, 3.63) is 29.3 Å². The van der Waals surface area contributed by atoms with Gasteiger partial charge in [0.2, 0.25) is 0 Å². The molecule has 0 heterocycles. The van der Waals surface area contributed by atoms with Crippen LogP contribution in [0.3, 0.4) is 0 Å². The molecule has 1 aromatic carbocycles. The maximum Gasteiger partial charge on any atom is 0.573 e. The highest BCUT2D eigenvalue weighted by Crippen LogP contribution is 2.27. The Labute approximate surface area is 95.1 Å². The van der Waals surface area contributed by atoms with Gasteiger partial charge < -0.3 is 9.47 Å². The van der Waals surface area contributed by atoms with Crippen molar-refractivity contribution in [3.63, 3.8) is 0 Å². The number of hydrogen-bond acceptors (Lipinski definition) is 3. The quantitative estimate of drug-likeness (QED) is 0.591. The van der Waals surface area contributed by atoms with Crippen LogP contribution in [0, 0.1) is 12.3 Å². The maximum absolute atomic E-state index is 12.1. The lowest BCUT2D eigenvalue weighted by molar-refractivity contribution is -0.274. The molecule has 1 aromatic rings. The fraction of sp³-hybridized carbons (Fsp3) is 0.182. The van der Waals surface area contributed by atoms with E-state index in [2.05, 4.69) is 15.4 Å². The van der Waals surface area contributed by atoms with E-state index in [1.807, 2.05) is 0 Å². The molecule has 1 rings (SSSR count). The minimum absolute atomic E-state index is 0.250. The van der Waals surface area contributed by atoms with Gasteiger partial charge in [0.25, 0.3) is 0 Å². The number of carbonyl (C=O) groups is 1.